The number of hydrogen-bond donors (Lipinski definition) is 1. The Morgan fingerprint density at radius 3 is 2.75 bits per heavy atom. The Balaban J connectivity index is 1.97. The molecule has 3 heteroatoms. The average Bonchev–Trinajstić information content (AvgIpc) is 2.31. The summed E-state index contributed by atoms with van der Waals surface area (Å²) in [6.07, 6.45) is 0.509. The average molecular weight is 215 g/mol. The zero-order valence-corrected chi connectivity index (χ0v) is 9.45. The minimum Gasteiger partial charge on any atom is -0.314 e. The maximum atomic E-state index is 8.66. The van der Waals surface area contributed by atoms with Gasteiger partial charge in [0.25, 0.3) is 0 Å². The van der Waals surface area contributed by atoms with Crippen LogP contribution in [0.25, 0.3) is 0 Å². The number of nitrogens with zero attached hydrogens (tertiary/aromatic N) is 2. The fourth-order valence-corrected chi connectivity index (χ4v) is 2.06. The van der Waals surface area contributed by atoms with E-state index in [1.165, 1.54) is 5.56 Å². The van der Waals surface area contributed by atoms with Gasteiger partial charge in [-0.1, -0.05) is 24.3 Å². The fourth-order valence-electron chi connectivity index (χ4n) is 2.06. The molecule has 1 aromatic rings. The molecule has 84 valence electrons. The lowest BCUT2D eigenvalue weighted by atomic mass is 10.1. The van der Waals surface area contributed by atoms with Crippen LogP contribution in [0.5, 0.6) is 0 Å². The first-order valence-electron chi connectivity index (χ1n) is 5.76. The molecule has 0 bridgehead atoms. The molecular formula is C13H17N3. The number of rotatable bonds is 3. The molecule has 0 amide bonds. The Morgan fingerprint density at radius 2 is 2.00 bits per heavy atom. The molecular weight excluding hydrogens is 198 g/mol. The van der Waals surface area contributed by atoms with Crippen molar-refractivity contribution in [3.05, 3.63) is 35.4 Å². The Kier molecular flexibility index (Phi) is 3.92. The second-order valence-corrected chi connectivity index (χ2v) is 4.18. The molecule has 1 fully saturated rings. The molecule has 0 spiro atoms. The highest BCUT2D eigenvalue weighted by molar-refractivity contribution is 5.25. The van der Waals surface area contributed by atoms with E-state index in [-0.39, 0.29) is 0 Å². The van der Waals surface area contributed by atoms with Crippen molar-refractivity contribution < 1.29 is 0 Å². The summed E-state index contributed by atoms with van der Waals surface area (Å²) >= 11 is 0. The third-order valence-corrected chi connectivity index (χ3v) is 2.89. The highest BCUT2D eigenvalue weighted by Crippen LogP contribution is 2.09. The Hall–Kier alpha value is -1.37. The van der Waals surface area contributed by atoms with Crippen molar-refractivity contribution in [3.63, 3.8) is 0 Å². The largest absolute Gasteiger partial charge is 0.314 e. The second-order valence-electron chi connectivity index (χ2n) is 4.18. The van der Waals surface area contributed by atoms with E-state index >= 15 is 0 Å². The van der Waals surface area contributed by atoms with Crippen molar-refractivity contribution in [2.75, 3.05) is 26.2 Å². The normalized spacial score (nSPS) is 16.9. The molecule has 1 heterocycles. The van der Waals surface area contributed by atoms with E-state index in [9.17, 15) is 0 Å². The molecule has 2 rings (SSSR count). The summed E-state index contributed by atoms with van der Waals surface area (Å²) in [4.78, 5) is 2.45. The molecule has 3 nitrogen and oxygen atoms in total. The lowest BCUT2D eigenvalue weighted by molar-refractivity contribution is 0.233. The zero-order valence-electron chi connectivity index (χ0n) is 9.45. The van der Waals surface area contributed by atoms with Crippen molar-refractivity contribution >= 4 is 0 Å². The second kappa shape index (κ2) is 5.64. The quantitative estimate of drug-likeness (QED) is 0.822. The van der Waals surface area contributed by atoms with E-state index in [1.807, 2.05) is 12.1 Å². The van der Waals surface area contributed by atoms with Gasteiger partial charge in [0, 0.05) is 32.7 Å². The Bertz CT molecular complexity index is 375. The van der Waals surface area contributed by atoms with Crippen LogP contribution in [-0.2, 0) is 13.0 Å². The minimum atomic E-state index is 0.509. The smallest absolute Gasteiger partial charge is 0.0669 e. The minimum absolute atomic E-state index is 0.509. The molecule has 16 heavy (non-hydrogen) atoms. The number of nitriles is 1. The van der Waals surface area contributed by atoms with Gasteiger partial charge in [0.15, 0.2) is 0 Å². The predicted molar refractivity (Wildman–Crippen MR) is 63.9 cm³/mol. The number of piperazine rings is 1. The first-order valence-corrected chi connectivity index (χ1v) is 5.76. The van der Waals surface area contributed by atoms with Gasteiger partial charge in [0.05, 0.1) is 12.5 Å². The third kappa shape index (κ3) is 3.06. The van der Waals surface area contributed by atoms with Crippen LogP contribution in [0.3, 0.4) is 0 Å². The summed E-state index contributed by atoms with van der Waals surface area (Å²) in [5.41, 5.74) is 2.43. The van der Waals surface area contributed by atoms with Crippen LogP contribution in [0.2, 0.25) is 0 Å². The summed E-state index contributed by atoms with van der Waals surface area (Å²) < 4.78 is 0. The van der Waals surface area contributed by atoms with Crippen LogP contribution in [0.4, 0.5) is 0 Å². The van der Waals surface area contributed by atoms with Crippen molar-refractivity contribution in [2.45, 2.75) is 13.0 Å². The van der Waals surface area contributed by atoms with Crippen molar-refractivity contribution in [1.29, 1.82) is 5.26 Å². The fraction of sp³-hybridized carbons (Fsp3) is 0.462. The lowest BCUT2D eigenvalue weighted by Gasteiger charge is -2.27. The van der Waals surface area contributed by atoms with E-state index in [1.54, 1.807) is 0 Å². The van der Waals surface area contributed by atoms with Gasteiger partial charge in [-0.3, -0.25) is 4.90 Å². The van der Waals surface area contributed by atoms with Crippen LogP contribution < -0.4 is 5.32 Å². The summed E-state index contributed by atoms with van der Waals surface area (Å²) in [5, 5.41) is 12.0. The van der Waals surface area contributed by atoms with Crippen LogP contribution in [0.1, 0.15) is 11.1 Å². The highest BCUT2D eigenvalue weighted by atomic mass is 15.2. The molecule has 0 aliphatic carbocycles. The van der Waals surface area contributed by atoms with Gasteiger partial charge in [-0.15, -0.1) is 0 Å². The Labute approximate surface area is 96.7 Å². The van der Waals surface area contributed by atoms with Crippen LogP contribution in [0.15, 0.2) is 24.3 Å². The van der Waals surface area contributed by atoms with Crippen LogP contribution >= 0.6 is 0 Å². The van der Waals surface area contributed by atoms with Gasteiger partial charge in [-0.05, 0) is 11.1 Å². The lowest BCUT2D eigenvalue weighted by Crippen LogP contribution is -2.42. The molecule has 1 aliphatic rings. The summed E-state index contributed by atoms with van der Waals surface area (Å²) in [6.45, 7) is 5.39. The van der Waals surface area contributed by atoms with E-state index < -0.39 is 0 Å². The molecule has 0 atom stereocenters. The number of hydrogen-bond acceptors (Lipinski definition) is 3. The van der Waals surface area contributed by atoms with E-state index in [0.717, 1.165) is 38.3 Å². The standard InChI is InChI=1S/C13H17N3/c14-5-4-12-2-1-3-13(10-12)11-16-8-6-15-7-9-16/h1-3,10,15H,4,6-9,11H2. The molecule has 1 N–H and O–H groups in total. The Morgan fingerprint density at radius 1 is 1.25 bits per heavy atom. The molecule has 1 aliphatic heterocycles. The summed E-state index contributed by atoms with van der Waals surface area (Å²) in [7, 11) is 0. The molecule has 0 aromatic heterocycles. The van der Waals surface area contributed by atoms with Gasteiger partial charge >= 0.3 is 0 Å². The van der Waals surface area contributed by atoms with Crippen molar-refractivity contribution in [3.8, 4) is 6.07 Å². The molecule has 0 radical (unpaired) electrons. The number of nitrogens with one attached hydrogen (secondary N) is 1. The van der Waals surface area contributed by atoms with Crippen LogP contribution in [-0.4, -0.2) is 31.1 Å². The topological polar surface area (TPSA) is 39.1 Å². The van der Waals surface area contributed by atoms with Crippen molar-refractivity contribution in [2.24, 2.45) is 0 Å². The van der Waals surface area contributed by atoms with E-state index in [4.69, 9.17) is 5.26 Å². The van der Waals surface area contributed by atoms with E-state index in [2.05, 4.69) is 28.4 Å². The maximum absolute atomic E-state index is 8.66. The third-order valence-electron chi connectivity index (χ3n) is 2.89. The SMILES string of the molecule is N#CCc1cccc(CN2CCNCC2)c1. The van der Waals surface area contributed by atoms with E-state index in [0.29, 0.717) is 6.42 Å². The molecule has 1 saturated heterocycles. The molecule has 0 saturated carbocycles. The predicted octanol–water partition coefficient (Wildman–Crippen LogP) is 1.16. The van der Waals surface area contributed by atoms with Gasteiger partial charge in [-0.2, -0.15) is 5.26 Å². The summed E-state index contributed by atoms with van der Waals surface area (Å²) in [6, 6.07) is 10.5. The summed E-state index contributed by atoms with van der Waals surface area (Å²) in [5.74, 6) is 0. The van der Waals surface area contributed by atoms with Gasteiger partial charge < -0.3 is 5.32 Å². The molecule has 0 unspecified atom stereocenters. The number of benzene rings is 1. The monoisotopic (exact) mass is 215 g/mol. The van der Waals surface area contributed by atoms with Gasteiger partial charge in [0.1, 0.15) is 0 Å². The highest BCUT2D eigenvalue weighted by Gasteiger charge is 2.09. The van der Waals surface area contributed by atoms with Gasteiger partial charge in [-0.25, -0.2) is 0 Å². The zero-order chi connectivity index (χ0) is 11.2. The van der Waals surface area contributed by atoms with Gasteiger partial charge in [0.2, 0.25) is 0 Å². The van der Waals surface area contributed by atoms with Crippen LogP contribution in [0, 0.1) is 11.3 Å². The maximum Gasteiger partial charge on any atom is 0.0669 e. The molecule has 1 aromatic carbocycles. The van der Waals surface area contributed by atoms with Crippen molar-refractivity contribution in [1.82, 2.24) is 10.2 Å². The first-order chi connectivity index (χ1) is 7.88. The first kappa shape index (κ1) is 11.1.